The summed E-state index contributed by atoms with van der Waals surface area (Å²) in [5.74, 6) is 0.0400. The molecule has 0 atom stereocenters. The molecule has 1 aliphatic heterocycles. The van der Waals surface area contributed by atoms with Crippen LogP contribution in [0.4, 0.5) is 0 Å². The molecule has 118 valence electrons. The van der Waals surface area contributed by atoms with Crippen molar-refractivity contribution in [1.82, 2.24) is 29.8 Å². The first kappa shape index (κ1) is 14.8. The lowest BCUT2D eigenvalue weighted by molar-refractivity contribution is 0.0755. The smallest absolute Gasteiger partial charge is 0.271 e. The summed E-state index contributed by atoms with van der Waals surface area (Å²) in [5.41, 5.74) is 1.80. The molecule has 1 fully saturated rings. The maximum absolute atomic E-state index is 12.3. The van der Waals surface area contributed by atoms with Gasteiger partial charge < -0.3 is 4.90 Å². The van der Waals surface area contributed by atoms with Gasteiger partial charge in [0.15, 0.2) is 0 Å². The summed E-state index contributed by atoms with van der Waals surface area (Å²) in [6.07, 6.45) is 6.63. The van der Waals surface area contributed by atoms with E-state index >= 15 is 0 Å². The summed E-state index contributed by atoms with van der Waals surface area (Å²) in [6.45, 7) is 7.31. The van der Waals surface area contributed by atoms with E-state index in [-0.39, 0.29) is 5.91 Å². The van der Waals surface area contributed by atoms with Gasteiger partial charge in [-0.25, -0.2) is 0 Å². The van der Waals surface area contributed by atoms with Gasteiger partial charge in [0.25, 0.3) is 5.91 Å². The van der Waals surface area contributed by atoms with Gasteiger partial charge in [-0.1, -0.05) is 0 Å². The Morgan fingerprint density at radius 1 is 1.32 bits per heavy atom. The average Bonchev–Trinajstić information content (AvgIpc) is 3.16. The molecule has 0 aromatic carbocycles. The second kappa shape index (κ2) is 6.74. The lowest BCUT2D eigenvalue weighted by Gasteiger charge is -2.21. The lowest BCUT2D eigenvalue weighted by Crippen LogP contribution is -2.35. The fourth-order valence-corrected chi connectivity index (χ4v) is 2.80. The molecule has 0 unspecified atom stereocenters. The van der Waals surface area contributed by atoms with Crippen LogP contribution in [0.25, 0.3) is 0 Å². The second-order valence-electron chi connectivity index (χ2n) is 5.60. The van der Waals surface area contributed by atoms with Crippen molar-refractivity contribution in [2.24, 2.45) is 0 Å². The first-order valence-electron chi connectivity index (χ1n) is 7.78. The van der Waals surface area contributed by atoms with Gasteiger partial charge in [0.1, 0.15) is 5.69 Å². The summed E-state index contributed by atoms with van der Waals surface area (Å²) in [5, 5.41) is 10.9. The summed E-state index contributed by atoms with van der Waals surface area (Å²) in [6, 6.07) is 1.73. The Hall–Kier alpha value is -2.15. The van der Waals surface area contributed by atoms with Crippen LogP contribution in [0, 0.1) is 0 Å². The van der Waals surface area contributed by atoms with E-state index in [1.807, 2.05) is 15.8 Å². The Morgan fingerprint density at radius 2 is 2.23 bits per heavy atom. The first-order chi connectivity index (χ1) is 10.8. The number of hydrogen-bond acceptors (Lipinski definition) is 4. The molecule has 0 radical (unpaired) electrons. The largest absolute Gasteiger partial charge is 0.336 e. The van der Waals surface area contributed by atoms with Gasteiger partial charge in [-0.2, -0.15) is 10.2 Å². The second-order valence-corrected chi connectivity index (χ2v) is 5.60. The van der Waals surface area contributed by atoms with Gasteiger partial charge in [0.05, 0.1) is 6.20 Å². The van der Waals surface area contributed by atoms with Crippen molar-refractivity contribution in [2.75, 3.05) is 26.2 Å². The van der Waals surface area contributed by atoms with Crippen LogP contribution in [-0.2, 0) is 13.1 Å². The zero-order valence-electron chi connectivity index (χ0n) is 12.9. The van der Waals surface area contributed by atoms with Crippen LogP contribution in [-0.4, -0.2) is 61.9 Å². The normalized spacial score (nSPS) is 16.7. The van der Waals surface area contributed by atoms with Crippen molar-refractivity contribution in [3.63, 3.8) is 0 Å². The molecule has 0 spiro atoms. The summed E-state index contributed by atoms with van der Waals surface area (Å²) >= 11 is 0. The van der Waals surface area contributed by atoms with Gasteiger partial charge in [0.2, 0.25) is 0 Å². The quantitative estimate of drug-likeness (QED) is 0.914. The zero-order chi connectivity index (χ0) is 15.4. The van der Waals surface area contributed by atoms with E-state index in [1.54, 1.807) is 12.3 Å². The Morgan fingerprint density at radius 3 is 2.95 bits per heavy atom. The number of rotatable bonds is 4. The summed E-state index contributed by atoms with van der Waals surface area (Å²) in [7, 11) is 0. The molecule has 7 heteroatoms. The minimum Gasteiger partial charge on any atom is -0.336 e. The van der Waals surface area contributed by atoms with Crippen molar-refractivity contribution in [1.29, 1.82) is 0 Å². The molecular weight excluding hydrogens is 280 g/mol. The standard InChI is InChI=1S/C15H22N6O/c1-2-21-12-13(10-17-21)11-19-6-3-7-20(9-8-19)15(22)14-4-5-16-18-14/h4-5,10,12H,2-3,6-9,11H2,1H3,(H,16,18). The predicted octanol–water partition coefficient (Wildman–Crippen LogP) is 0.974. The number of carbonyl (C=O) groups is 1. The molecule has 1 amide bonds. The van der Waals surface area contributed by atoms with E-state index in [0.29, 0.717) is 5.69 Å². The topological polar surface area (TPSA) is 70.1 Å². The molecule has 3 rings (SSSR count). The maximum Gasteiger partial charge on any atom is 0.271 e. The predicted molar refractivity (Wildman–Crippen MR) is 82.3 cm³/mol. The van der Waals surface area contributed by atoms with Crippen molar-refractivity contribution in [3.8, 4) is 0 Å². The molecule has 1 saturated heterocycles. The van der Waals surface area contributed by atoms with Crippen molar-refractivity contribution in [2.45, 2.75) is 26.4 Å². The Balaban J connectivity index is 1.56. The van der Waals surface area contributed by atoms with E-state index in [1.165, 1.54) is 5.56 Å². The number of amides is 1. The van der Waals surface area contributed by atoms with Crippen molar-refractivity contribution >= 4 is 5.91 Å². The third-order valence-corrected chi connectivity index (χ3v) is 4.02. The van der Waals surface area contributed by atoms with E-state index in [2.05, 4.69) is 33.3 Å². The Kier molecular flexibility index (Phi) is 4.53. The summed E-state index contributed by atoms with van der Waals surface area (Å²) in [4.78, 5) is 16.6. The van der Waals surface area contributed by atoms with Crippen LogP contribution < -0.4 is 0 Å². The molecule has 2 aromatic heterocycles. The minimum absolute atomic E-state index is 0.0400. The highest BCUT2D eigenvalue weighted by Crippen LogP contribution is 2.10. The highest BCUT2D eigenvalue weighted by Gasteiger charge is 2.21. The minimum atomic E-state index is 0.0400. The van der Waals surface area contributed by atoms with E-state index in [4.69, 9.17) is 0 Å². The molecule has 22 heavy (non-hydrogen) atoms. The van der Waals surface area contributed by atoms with Crippen LogP contribution in [0.1, 0.15) is 29.4 Å². The zero-order valence-corrected chi connectivity index (χ0v) is 12.9. The van der Waals surface area contributed by atoms with E-state index < -0.39 is 0 Å². The molecular formula is C15H22N6O. The number of hydrogen-bond donors (Lipinski definition) is 1. The summed E-state index contributed by atoms with van der Waals surface area (Å²) < 4.78 is 1.95. The van der Waals surface area contributed by atoms with Crippen molar-refractivity contribution < 1.29 is 4.79 Å². The SMILES string of the molecule is CCn1cc(CN2CCCN(C(=O)c3ccn[nH]3)CC2)cn1. The van der Waals surface area contributed by atoms with Crippen LogP contribution in [0.5, 0.6) is 0 Å². The molecule has 3 heterocycles. The fourth-order valence-electron chi connectivity index (χ4n) is 2.80. The number of nitrogens with zero attached hydrogens (tertiary/aromatic N) is 5. The monoisotopic (exact) mass is 302 g/mol. The highest BCUT2D eigenvalue weighted by molar-refractivity contribution is 5.92. The average molecular weight is 302 g/mol. The third kappa shape index (κ3) is 3.36. The number of aromatic amines is 1. The number of nitrogens with one attached hydrogen (secondary N) is 1. The molecule has 0 aliphatic carbocycles. The fraction of sp³-hybridized carbons (Fsp3) is 0.533. The number of aromatic nitrogens is 4. The third-order valence-electron chi connectivity index (χ3n) is 4.02. The number of carbonyl (C=O) groups excluding carboxylic acids is 1. The molecule has 0 saturated carbocycles. The maximum atomic E-state index is 12.3. The van der Waals surface area contributed by atoms with Gasteiger partial charge in [-0.15, -0.1) is 0 Å². The van der Waals surface area contributed by atoms with Gasteiger partial charge >= 0.3 is 0 Å². The molecule has 7 nitrogen and oxygen atoms in total. The van der Waals surface area contributed by atoms with Crippen molar-refractivity contribution in [3.05, 3.63) is 35.9 Å². The molecule has 2 aromatic rings. The van der Waals surface area contributed by atoms with E-state index in [9.17, 15) is 4.79 Å². The Labute approximate surface area is 129 Å². The van der Waals surface area contributed by atoms with Gasteiger partial charge in [-0.05, 0) is 19.4 Å². The number of H-pyrrole nitrogens is 1. The highest BCUT2D eigenvalue weighted by atomic mass is 16.2. The lowest BCUT2D eigenvalue weighted by atomic mass is 10.3. The van der Waals surface area contributed by atoms with Crippen LogP contribution in [0.15, 0.2) is 24.7 Å². The Bertz CT molecular complexity index is 605. The number of aryl methyl sites for hydroxylation is 1. The first-order valence-corrected chi connectivity index (χ1v) is 7.78. The van der Waals surface area contributed by atoms with Gasteiger partial charge in [-0.3, -0.25) is 19.5 Å². The van der Waals surface area contributed by atoms with Crippen LogP contribution in [0.3, 0.4) is 0 Å². The van der Waals surface area contributed by atoms with Gasteiger partial charge in [0, 0.05) is 57.2 Å². The molecule has 1 N–H and O–H groups in total. The molecule has 1 aliphatic rings. The van der Waals surface area contributed by atoms with E-state index in [0.717, 1.165) is 45.7 Å². The van der Waals surface area contributed by atoms with Crippen LogP contribution >= 0.6 is 0 Å². The van der Waals surface area contributed by atoms with Crippen LogP contribution in [0.2, 0.25) is 0 Å². The molecule has 0 bridgehead atoms.